The molecule has 1 N–H and O–H groups in total. The lowest BCUT2D eigenvalue weighted by Crippen LogP contribution is -1.99. The Balaban J connectivity index is 2.83. The molecule has 0 aromatic carbocycles. The molecule has 5 heteroatoms. The minimum atomic E-state index is -2.04. The first-order chi connectivity index (χ1) is 4.27. The third kappa shape index (κ3) is 8.31. The molecule has 0 heterocycles. The van der Waals surface area contributed by atoms with Crippen molar-refractivity contribution >= 4 is 19.6 Å². The second-order valence-corrected chi connectivity index (χ2v) is 2.91. The lowest BCUT2D eigenvalue weighted by molar-refractivity contribution is 0.164. The van der Waals surface area contributed by atoms with Crippen LogP contribution in [0.3, 0.4) is 0 Å². The molecule has 0 rings (SSSR count). The molecule has 0 bridgehead atoms. The molecule has 3 nitrogen and oxygen atoms in total. The average molecular weight is 172 g/mol. The van der Waals surface area contributed by atoms with E-state index >= 15 is 0 Å². The van der Waals surface area contributed by atoms with Crippen LogP contribution in [0.5, 0.6) is 0 Å². The molecule has 0 aliphatic rings. The van der Waals surface area contributed by atoms with Crippen LogP contribution >= 0.6 is 19.6 Å². The second-order valence-electron chi connectivity index (χ2n) is 1.38. The number of alkyl halides is 1. The zero-order chi connectivity index (χ0) is 7.11. The smallest absolute Gasteiger partial charge is 0.376 e. The molecule has 54 valence electrons. The van der Waals surface area contributed by atoms with E-state index in [0.717, 1.165) is 0 Å². The van der Waals surface area contributed by atoms with Crippen molar-refractivity contribution in [1.82, 2.24) is 0 Å². The molecule has 9 heavy (non-hydrogen) atoms. The van der Waals surface area contributed by atoms with Gasteiger partial charge in [0.05, 0.1) is 13.2 Å². The highest BCUT2D eigenvalue weighted by molar-refractivity contribution is 7.38. The first-order valence-electron chi connectivity index (χ1n) is 2.54. The van der Waals surface area contributed by atoms with E-state index in [0.29, 0.717) is 19.1 Å². The Morgan fingerprint density at radius 2 is 2.22 bits per heavy atom. The normalized spacial score (nSPS) is 11.6. The molecule has 0 aromatic rings. The van der Waals surface area contributed by atoms with E-state index in [-0.39, 0.29) is 6.16 Å². The second kappa shape index (κ2) is 6.43. The Bertz CT molecular complexity index is 87.9. The summed E-state index contributed by atoms with van der Waals surface area (Å²) in [5.41, 5.74) is 0. The number of hydrogen-bond acceptors (Lipinski definition) is 2. The highest BCUT2D eigenvalue weighted by Crippen LogP contribution is 2.10. The maximum absolute atomic E-state index is 10.00. The van der Waals surface area contributed by atoms with Gasteiger partial charge in [-0.15, -0.1) is 11.6 Å². The third-order valence-corrected chi connectivity index (χ3v) is 1.37. The average Bonchev–Trinajstić information content (AvgIpc) is 1.80. The first kappa shape index (κ1) is 9.31. The van der Waals surface area contributed by atoms with Crippen molar-refractivity contribution in [3.8, 4) is 0 Å². The molecule has 0 radical (unpaired) electrons. The van der Waals surface area contributed by atoms with Crippen molar-refractivity contribution in [3.63, 3.8) is 0 Å². The predicted molar refractivity (Wildman–Crippen MR) is 36.2 cm³/mol. The van der Waals surface area contributed by atoms with E-state index in [1.807, 2.05) is 0 Å². The van der Waals surface area contributed by atoms with Crippen LogP contribution in [-0.2, 0) is 9.30 Å². The third-order valence-electron chi connectivity index (χ3n) is 0.648. The minimum Gasteiger partial charge on any atom is -0.376 e. The molecule has 0 aliphatic carbocycles. The van der Waals surface area contributed by atoms with Gasteiger partial charge in [-0.1, -0.05) is 0 Å². The summed E-state index contributed by atoms with van der Waals surface area (Å²) < 4.78 is 14.8. The van der Waals surface area contributed by atoms with Gasteiger partial charge in [0.25, 0.3) is 0 Å². The number of ether oxygens (including phenoxy) is 1. The molecule has 0 aromatic heterocycles. The van der Waals surface area contributed by atoms with E-state index in [4.69, 9.17) is 21.2 Å². The first-order valence-corrected chi connectivity index (χ1v) is 4.48. The summed E-state index contributed by atoms with van der Waals surface area (Å²) in [5, 5.41) is 0. The van der Waals surface area contributed by atoms with Gasteiger partial charge < -0.3 is 4.74 Å². The van der Waals surface area contributed by atoms with Crippen LogP contribution in [0.25, 0.3) is 0 Å². The van der Waals surface area contributed by atoms with Crippen molar-refractivity contribution in [2.45, 2.75) is 0 Å². The lowest BCUT2D eigenvalue weighted by Gasteiger charge is -1.91. The SMILES string of the molecule is O=[P+](O)CCOCCCl. The predicted octanol–water partition coefficient (Wildman–Crippen LogP) is 0.976. The summed E-state index contributed by atoms with van der Waals surface area (Å²) in [5.74, 6) is 0.433. The van der Waals surface area contributed by atoms with Crippen molar-refractivity contribution in [2.75, 3.05) is 25.3 Å². The van der Waals surface area contributed by atoms with Gasteiger partial charge in [0.15, 0.2) is 0 Å². The molecular weight excluding hydrogens is 162 g/mol. The molecule has 0 spiro atoms. The summed E-state index contributed by atoms with van der Waals surface area (Å²) in [7, 11) is -2.04. The van der Waals surface area contributed by atoms with Gasteiger partial charge in [-0.05, 0) is 4.57 Å². The van der Waals surface area contributed by atoms with E-state index in [1.54, 1.807) is 0 Å². The zero-order valence-electron chi connectivity index (χ0n) is 4.92. The Kier molecular flexibility index (Phi) is 6.65. The van der Waals surface area contributed by atoms with E-state index < -0.39 is 8.03 Å². The lowest BCUT2D eigenvalue weighted by atomic mass is 10.8. The molecule has 1 atom stereocenters. The van der Waals surface area contributed by atoms with Crippen molar-refractivity contribution < 1.29 is 14.2 Å². The molecule has 0 amide bonds. The molecular formula is C4H9ClO3P+. The Hall–Kier alpha value is 0.310. The van der Waals surface area contributed by atoms with Gasteiger partial charge in [0, 0.05) is 5.88 Å². The van der Waals surface area contributed by atoms with E-state index in [9.17, 15) is 4.57 Å². The number of hydrogen-bond donors (Lipinski definition) is 1. The van der Waals surface area contributed by atoms with Crippen molar-refractivity contribution in [2.24, 2.45) is 0 Å². The Morgan fingerprint density at radius 3 is 2.67 bits per heavy atom. The van der Waals surface area contributed by atoms with E-state index in [2.05, 4.69) is 0 Å². The monoisotopic (exact) mass is 171 g/mol. The summed E-state index contributed by atoms with van der Waals surface area (Å²) in [6, 6.07) is 0. The van der Waals surface area contributed by atoms with Crippen LogP contribution in [0, 0.1) is 0 Å². The van der Waals surface area contributed by atoms with E-state index in [1.165, 1.54) is 0 Å². The standard InChI is InChI=1S/C4H8ClO3P/c5-1-2-8-3-4-9(6)7/h1-4H2/p+1. The topological polar surface area (TPSA) is 46.5 Å². The summed E-state index contributed by atoms with van der Waals surface area (Å²) in [4.78, 5) is 8.25. The van der Waals surface area contributed by atoms with Crippen LogP contribution in [0.4, 0.5) is 0 Å². The number of rotatable bonds is 5. The maximum Gasteiger partial charge on any atom is 0.507 e. The van der Waals surface area contributed by atoms with Crippen LogP contribution in [0.15, 0.2) is 0 Å². The van der Waals surface area contributed by atoms with Gasteiger partial charge in [0.1, 0.15) is 0 Å². The van der Waals surface area contributed by atoms with Crippen molar-refractivity contribution in [3.05, 3.63) is 0 Å². The largest absolute Gasteiger partial charge is 0.507 e. The molecule has 0 saturated carbocycles. The minimum absolute atomic E-state index is 0.201. The quantitative estimate of drug-likeness (QED) is 0.381. The highest BCUT2D eigenvalue weighted by atomic mass is 35.5. The fourth-order valence-corrected chi connectivity index (χ4v) is 0.694. The van der Waals surface area contributed by atoms with Gasteiger partial charge in [0.2, 0.25) is 6.16 Å². The van der Waals surface area contributed by atoms with Crippen LogP contribution in [0.1, 0.15) is 0 Å². The van der Waals surface area contributed by atoms with Gasteiger partial charge in [-0.2, -0.15) is 4.89 Å². The molecule has 0 aliphatic heterocycles. The van der Waals surface area contributed by atoms with Crippen molar-refractivity contribution in [1.29, 1.82) is 0 Å². The zero-order valence-corrected chi connectivity index (χ0v) is 6.57. The Labute approximate surface area is 59.8 Å². The highest BCUT2D eigenvalue weighted by Gasteiger charge is 2.07. The Morgan fingerprint density at radius 1 is 1.56 bits per heavy atom. The van der Waals surface area contributed by atoms with Gasteiger partial charge in [-0.25, -0.2) is 0 Å². The maximum atomic E-state index is 10.00. The summed E-state index contributed by atoms with van der Waals surface area (Å²) >= 11 is 5.26. The fraction of sp³-hybridized carbons (Fsp3) is 1.00. The number of halogens is 1. The van der Waals surface area contributed by atoms with Crippen LogP contribution in [0.2, 0.25) is 0 Å². The molecule has 0 saturated heterocycles. The summed E-state index contributed by atoms with van der Waals surface area (Å²) in [6.07, 6.45) is 0.201. The van der Waals surface area contributed by atoms with Crippen LogP contribution < -0.4 is 0 Å². The molecule has 1 unspecified atom stereocenters. The van der Waals surface area contributed by atoms with Gasteiger partial charge >= 0.3 is 8.03 Å². The summed E-state index contributed by atoms with van der Waals surface area (Å²) in [6.45, 7) is 0.767. The van der Waals surface area contributed by atoms with Gasteiger partial charge in [-0.3, -0.25) is 0 Å². The van der Waals surface area contributed by atoms with Crippen LogP contribution in [-0.4, -0.2) is 30.1 Å². The fourth-order valence-electron chi connectivity index (χ4n) is 0.299. The molecule has 0 fully saturated rings.